The number of anilines is 1. The van der Waals surface area contributed by atoms with Crippen LogP contribution in [0.5, 0.6) is 5.75 Å². The van der Waals surface area contributed by atoms with Gasteiger partial charge in [-0.3, -0.25) is 0 Å². The summed E-state index contributed by atoms with van der Waals surface area (Å²) in [6, 6.07) is 11.0. The lowest BCUT2D eigenvalue weighted by Crippen LogP contribution is -2.52. The van der Waals surface area contributed by atoms with E-state index < -0.39 is 11.7 Å². The molecule has 2 aliphatic heterocycles. The lowest BCUT2D eigenvalue weighted by molar-refractivity contribution is -0.137. The van der Waals surface area contributed by atoms with E-state index in [4.69, 9.17) is 4.74 Å². The zero-order chi connectivity index (χ0) is 26.2. The maximum Gasteiger partial charge on any atom is 0.416 e. The van der Waals surface area contributed by atoms with Gasteiger partial charge in [0.15, 0.2) is 0 Å². The predicted octanol–water partition coefficient (Wildman–Crippen LogP) is 5.29. The summed E-state index contributed by atoms with van der Waals surface area (Å²) in [5.41, 5.74) is 2.92. The van der Waals surface area contributed by atoms with Crippen LogP contribution in [-0.4, -0.2) is 65.2 Å². The van der Waals surface area contributed by atoms with Gasteiger partial charge < -0.3 is 24.0 Å². The molecule has 0 N–H and O–H groups in total. The SMILES string of the molecule is COc1cc(N2CCN(C(=O)N3CCCC3c3ccc(C(F)(F)F)cc3)CC2)ccc1-n1cnc(C)c1. The second-order valence-electron chi connectivity index (χ2n) is 9.51. The van der Waals surface area contributed by atoms with Crippen molar-refractivity contribution in [3.63, 3.8) is 0 Å². The van der Waals surface area contributed by atoms with Crippen molar-refractivity contribution >= 4 is 11.7 Å². The monoisotopic (exact) mass is 513 g/mol. The van der Waals surface area contributed by atoms with Gasteiger partial charge >= 0.3 is 12.2 Å². The molecule has 2 aromatic carbocycles. The number of likely N-dealkylation sites (tertiary alicyclic amines) is 1. The van der Waals surface area contributed by atoms with Crippen molar-refractivity contribution in [2.75, 3.05) is 44.7 Å². The third-order valence-electron chi connectivity index (χ3n) is 7.19. The van der Waals surface area contributed by atoms with Crippen LogP contribution in [0, 0.1) is 6.92 Å². The standard InChI is InChI=1S/C27H30F3N5O2/c1-19-17-34(18-31-19)24-10-9-22(16-25(24)37-2)32-12-14-33(15-13-32)26(36)35-11-3-4-23(35)20-5-7-21(8-6-20)27(28,29)30/h5-10,16-18,23H,3-4,11-15H2,1-2H3. The lowest BCUT2D eigenvalue weighted by Gasteiger charge is -2.39. The minimum Gasteiger partial charge on any atom is -0.494 e. The van der Waals surface area contributed by atoms with Crippen LogP contribution in [0.3, 0.4) is 0 Å². The van der Waals surface area contributed by atoms with Gasteiger partial charge in [-0.25, -0.2) is 9.78 Å². The number of urea groups is 1. The van der Waals surface area contributed by atoms with Crippen molar-refractivity contribution in [1.82, 2.24) is 19.4 Å². The molecule has 0 aliphatic carbocycles. The van der Waals surface area contributed by atoms with E-state index in [0.29, 0.717) is 32.7 Å². The molecule has 3 aromatic rings. The number of piperazine rings is 1. The Labute approximate surface area is 214 Å². The topological polar surface area (TPSA) is 53.8 Å². The van der Waals surface area contributed by atoms with E-state index >= 15 is 0 Å². The fourth-order valence-electron chi connectivity index (χ4n) is 5.20. The maximum absolute atomic E-state index is 13.4. The first-order chi connectivity index (χ1) is 17.7. The number of hydrogen-bond donors (Lipinski definition) is 0. The Kier molecular flexibility index (Phi) is 6.74. The molecule has 7 nitrogen and oxygen atoms in total. The molecule has 1 atom stereocenters. The maximum atomic E-state index is 13.4. The van der Waals surface area contributed by atoms with Gasteiger partial charge in [-0.15, -0.1) is 0 Å². The van der Waals surface area contributed by atoms with Crippen molar-refractivity contribution in [3.8, 4) is 11.4 Å². The molecule has 0 saturated carbocycles. The van der Waals surface area contributed by atoms with Gasteiger partial charge in [0.1, 0.15) is 5.75 Å². The highest BCUT2D eigenvalue weighted by molar-refractivity contribution is 5.76. The van der Waals surface area contributed by atoms with Gasteiger partial charge in [0.05, 0.1) is 36.4 Å². The average Bonchev–Trinajstić information content (AvgIpc) is 3.57. The first kappa shape index (κ1) is 25.0. The van der Waals surface area contributed by atoms with E-state index in [-0.39, 0.29) is 12.1 Å². The van der Waals surface area contributed by atoms with E-state index in [9.17, 15) is 18.0 Å². The Balaban J connectivity index is 1.23. The molecule has 0 spiro atoms. The van der Waals surface area contributed by atoms with Gasteiger partial charge in [0.25, 0.3) is 0 Å². The summed E-state index contributed by atoms with van der Waals surface area (Å²) >= 11 is 0. The summed E-state index contributed by atoms with van der Waals surface area (Å²) in [6.07, 6.45) is 0.914. The number of rotatable bonds is 4. The molecule has 37 heavy (non-hydrogen) atoms. The molecule has 1 aromatic heterocycles. The molecule has 2 saturated heterocycles. The van der Waals surface area contributed by atoms with Gasteiger partial charge in [-0.1, -0.05) is 12.1 Å². The van der Waals surface area contributed by atoms with Crippen molar-refractivity contribution in [3.05, 3.63) is 71.8 Å². The zero-order valence-electron chi connectivity index (χ0n) is 20.9. The second-order valence-corrected chi connectivity index (χ2v) is 9.51. The summed E-state index contributed by atoms with van der Waals surface area (Å²) in [5, 5.41) is 0. The van der Waals surface area contributed by atoms with Crippen LogP contribution in [0.25, 0.3) is 5.69 Å². The molecule has 1 unspecified atom stereocenters. The highest BCUT2D eigenvalue weighted by atomic mass is 19.4. The van der Waals surface area contributed by atoms with E-state index in [1.165, 1.54) is 12.1 Å². The summed E-state index contributed by atoms with van der Waals surface area (Å²) in [4.78, 5) is 23.6. The summed E-state index contributed by atoms with van der Waals surface area (Å²) in [5.74, 6) is 0.741. The van der Waals surface area contributed by atoms with Crippen LogP contribution >= 0.6 is 0 Å². The third-order valence-corrected chi connectivity index (χ3v) is 7.19. The van der Waals surface area contributed by atoms with Crippen molar-refractivity contribution < 1.29 is 22.7 Å². The number of aryl methyl sites for hydroxylation is 1. The number of halogens is 3. The highest BCUT2D eigenvalue weighted by Crippen LogP contribution is 2.36. The Bertz CT molecular complexity index is 1250. The van der Waals surface area contributed by atoms with Crippen molar-refractivity contribution in [2.24, 2.45) is 0 Å². The van der Waals surface area contributed by atoms with Gasteiger partial charge in [-0.2, -0.15) is 13.2 Å². The molecule has 10 heteroatoms. The lowest BCUT2D eigenvalue weighted by atomic mass is 10.0. The Morgan fingerprint density at radius 3 is 2.38 bits per heavy atom. The number of methoxy groups -OCH3 is 1. The number of benzene rings is 2. The van der Waals surface area contributed by atoms with E-state index in [2.05, 4.69) is 9.88 Å². The number of amides is 2. The minimum absolute atomic E-state index is 0.0505. The van der Waals surface area contributed by atoms with E-state index in [0.717, 1.165) is 53.4 Å². The number of ether oxygens (including phenoxy) is 1. The van der Waals surface area contributed by atoms with Crippen LogP contribution < -0.4 is 9.64 Å². The largest absolute Gasteiger partial charge is 0.494 e. The van der Waals surface area contributed by atoms with E-state index in [1.54, 1.807) is 13.4 Å². The van der Waals surface area contributed by atoms with Crippen molar-refractivity contribution in [2.45, 2.75) is 32.0 Å². The van der Waals surface area contributed by atoms with Crippen LogP contribution in [0.4, 0.5) is 23.7 Å². The zero-order valence-corrected chi connectivity index (χ0v) is 20.9. The number of imidazole rings is 1. The Morgan fingerprint density at radius 2 is 1.76 bits per heavy atom. The van der Waals surface area contributed by atoms with Crippen LogP contribution in [-0.2, 0) is 6.18 Å². The summed E-state index contributed by atoms with van der Waals surface area (Å²) in [7, 11) is 1.64. The molecule has 2 fully saturated rings. The molecule has 0 radical (unpaired) electrons. The van der Waals surface area contributed by atoms with E-state index in [1.807, 2.05) is 45.7 Å². The first-order valence-corrected chi connectivity index (χ1v) is 12.4. The second kappa shape index (κ2) is 9.99. The van der Waals surface area contributed by atoms with Crippen LogP contribution in [0.1, 0.15) is 35.7 Å². The molecular formula is C27H30F3N5O2. The number of hydrogen-bond acceptors (Lipinski definition) is 4. The number of alkyl halides is 3. The number of nitrogens with zero attached hydrogens (tertiary/aromatic N) is 5. The number of carbonyl (C=O) groups excluding carboxylic acids is 1. The van der Waals surface area contributed by atoms with Gasteiger partial charge in [-0.05, 0) is 49.6 Å². The Hall–Kier alpha value is -3.69. The normalized spacial score (nSPS) is 18.4. The number of carbonyl (C=O) groups is 1. The molecule has 2 amide bonds. The van der Waals surface area contributed by atoms with Crippen LogP contribution in [0.15, 0.2) is 55.0 Å². The molecule has 0 bridgehead atoms. The van der Waals surface area contributed by atoms with Gasteiger partial charge in [0, 0.05) is 50.7 Å². The fraction of sp³-hybridized carbons (Fsp3) is 0.407. The summed E-state index contributed by atoms with van der Waals surface area (Å²) in [6.45, 7) is 5.04. The number of aromatic nitrogens is 2. The van der Waals surface area contributed by atoms with Crippen LogP contribution in [0.2, 0.25) is 0 Å². The van der Waals surface area contributed by atoms with Gasteiger partial charge in [0.2, 0.25) is 0 Å². The smallest absolute Gasteiger partial charge is 0.416 e. The quantitative estimate of drug-likeness (QED) is 0.476. The highest BCUT2D eigenvalue weighted by Gasteiger charge is 2.35. The molecule has 196 valence electrons. The molecule has 5 rings (SSSR count). The predicted molar refractivity (Wildman–Crippen MR) is 134 cm³/mol. The third kappa shape index (κ3) is 5.10. The fourth-order valence-corrected chi connectivity index (χ4v) is 5.20. The molecule has 3 heterocycles. The first-order valence-electron chi connectivity index (χ1n) is 12.4. The molecule has 2 aliphatic rings. The average molecular weight is 514 g/mol. The van der Waals surface area contributed by atoms with Crippen molar-refractivity contribution in [1.29, 1.82) is 0 Å². The minimum atomic E-state index is -4.37. The molecular weight excluding hydrogens is 483 g/mol. The Morgan fingerprint density at radius 1 is 1.03 bits per heavy atom. The summed E-state index contributed by atoms with van der Waals surface area (Å²) < 4.78 is 46.4.